The van der Waals surface area contributed by atoms with Gasteiger partial charge in [0.15, 0.2) is 0 Å². The van der Waals surface area contributed by atoms with Crippen molar-refractivity contribution in [3.8, 4) is 0 Å². The van der Waals surface area contributed by atoms with Crippen LogP contribution in [0, 0.1) is 6.92 Å². The Kier molecular flexibility index (Phi) is 5.34. The molecule has 2 aromatic rings. The van der Waals surface area contributed by atoms with Crippen LogP contribution < -0.4 is 0 Å². The molecule has 2 rings (SSSR count). The second-order valence-electron chi connectivity index (χ2n) is 4.68. The molecule has 0 saturated carbocycles. The standard InChI is InChI=1S/C18H17BrO2/c1-3-21-18(20)12-17(14-6-4-13(2)5-7-14)15-8-10-16(19)11-9-15/h4-12H,3H2,1-2H3/b17-12-. The van der Waals surface area contributed by atoms with E-state index in [1.54, 1.807) is 13.0 Å². The third-order valence-corrected chi connectivity index (χ3v) is 3.60. The van der Waals surface area contributed by atoms with Gasteiger partial charge < -0.3 is 4.74 Å². The lowest BCUT2D eigenvalue weighted by Gasteiger charge is -2.09. The van der Waals surface area contributed by atoms with Crippen LogP contribution in [-0.2, 0) is 9.53 Å². The third kappa shape index (κ3) is 4.30. The van der Waals surface area contributed by atoms with Crippen LogP contribution >= 0.6 is 15.9 Å². The molecule has 0 saturated heterocycles. The number of esters is 1. The van der Waals surface area contributed by atoms with E-state index in [2.05, 4.69) is 15.9 Å². The normalized spacial score (nSPS) is 11.3. The van der Waals surface area contributed by atoms with Gasteiger partial charge in [0.1, 0.15) is 0 Å². The Hall–Kier alpha value is -1.87. The maximum absolute atomic E-state index is 11.8. The molecule has 0 spiro atoms. The molecule has 0 radical (unpaired) electrons. The number of carbonyl (C=O) groups is 1. The van der Waals surface area contributed by atoms with Crippen molar-refractivity contribution in [2.75, 3.05) is 6.61 Å². The first-order chi connectivity index (χ1) is 10.1. The number of hydrogen-bond donors (Lipinski definition) is 0. The number of benzene rings is 2. The predicted molar refractivity (Wildman–Crippen MR) is 89.0 cm³/mol. The zero-order valence-corrected chi connectivity index (χ0v) is 13.7. The van der Waals surface area contributed by atoms with Gasteiger partial charge >= 0.3 is 5.97 Å². The molecule has 0 atom stereocenters. The van der Waals surface area contributed by atoms with Gasteiger partial charge in [0.25, 0.3) is 0 Å². The number of ether oxygens (including phenoxy) is 1. The molecule has 0 amide bonds. The Morgan fingerprint density at radius 3 is 2.10 bits per heavy atom. The molecule has 2 aromatic carbocycles. The highest BCUT2D eigenvalue weighted by molar-refractivity contribution is 9.10. The Balaban J connectivity index is 2.46. The monoisotopic (exact) mass is 344 g/mol. The van der Waals surface area contributed by atoms with Gasteiger partial charge in [-0.1, -0.05) is 57.9 Å². The second kappa shape index (κ2) is 7.23. The molecule has 21 heavy (non-hydrogen) atoms. The number of hydrogen-bond acceptors (Lipinski definition) is 2. The highest BCUT2D eigenvalue weighted by atomic mass is 79.9. The Morgan fingerprint density at radius 2 is 1.57 bits per heavy atom. The first-order valence-electron chi connectivity index (χ1n) is 6.81. The minimum Gasteiger partial charge on any atom is -0.463 e. The van der Waals surface area contributed by atoms with Crippen molar-refractivity contribution in [2.24, 2.45) is 0 Å². The van der Waals surface area contributed by atoms with E-state index in [1.807, 2.05) is 55.5 Å². The van der Waals surface area contributed by atoms with Gasteiger partial charge in [-0.3, -0.25) is 0 Å². The smallest absolute Gasteiger partial charge is 0.331 e. The van der Waals surface area contributed by atoms with Crippen LogP contribution in [0.1, 0.15) is 23.6 Å². The Labute approximate surface area is 133 Å². The number of rotatable bonds is 4. The van der Waals surface area contributed by atoms with Gasteiger partial charge in [0.2, 0.25) is 0 Å². The van der Waals surface area contributed by atoms with E-state index in [4.69, 9.17) is 4.74 Å². The van der Waals surface area contributed by atoms with E-state index in [0.717, 1.165) is 21.2 Å². The van der Waals surface area contributed by atoms with E-state index in [9.17, 15) is 4.79 Å². The van der Waals surface area contributed by atoms with Crippen LogP contribution in [0.5, 0.6) is 0 Å². The summed E-state index contributed by atoms with van der Waals surface area (Å²) in [5, 5.41) is 0. The molecule has 0 aliphatic heterocycles. The molecule has 0 unspecified atom stereocenters. The zero-order chi connectivity index (χ0) is 15.2. The molecule has 0 aromatic heterocycles. The summed E-state index contributed by atoms with van der Waals surface area (Å²) >= 11 is 3.42. The number of halogens is 1. The fraction of sp³-hybridized carbons (Fsp3) is 0.167. The van der Waals surface area contributed by atoms with Crippen LogP contribution in [0.3, 0.4) is 0 Å². The minimum absolute atomic E-state index is 0.323. The Morgan fingerprint density at radius 1 is 1.05 bits per heavy atom. The quantitative estimate of drug-likeness (QED) is 0.590. The molecule has 0 bridgehead atoms. The number of aryl methyl sites for hydroxylation is 1. The summed E-state index contributed by atoms with van der Waals surface area (Å²) in [4.78, 5) is 11.8. The van der Waals surface area contributed by atoms with Crippen molar-refractivity contribution in [3.05, 3.63) is 75.8 Å². The lowest BCUT2D eigenvalue weighted by Crippen LogP contribution is -2.01. The van der Waals surface area contributed by atoms with Gasteiger partial charge in [-0.05, 0) is 42.7 Å². The lowest BCUT2D eigenvalue weighted by molar-refractivity contribution is -0.137. The van der Waals surface area contributed by atoms with Gasteiger partial charge in [-0.2, -0.15) is 0 Å². The highest BCUT2D eigenvalue weighted by Gasteiger charge is 2.08. The Bertz CT molecular complexity index is 592. The molecule has 0 fully saturated rings. The van der Waals surface area contributed by atoms with E-state index in [1.165, 1.54) is 5.56 Å². The molecular weight excluding hydrogens is 328 g/mol. The van der Waals surface area contributed by atoms with Crippen LogP contribution in [0.4, 0.5) is 0 Å². The maximum Gasteiger partial charge on any atom is 0.331 e. The van der Waals surface area contributed by atoms with Crippen molar-refractivity contribution in [1.82, 2.24) is 0 Å². The summed E-state index contributed by atoms with van der Waals surface area (Å²) in [5.74, 6) is -0.323. The van der Waals surface area contributed by atoms with E-state index in [0.29, 0.717) is 6.61 Å². The van der Waals surface area contributed by atoms with Gasteiger partial charge in [0.05, 0.1) is 6.61 Å². The van der Waals surface area contributed by atoms with Crippen LogP contribution in [0.25, 0.3) is 5.57 Å². The molecule has 2 nitrogen and oxygen atoms in total. The third-order valence-electron chi connectivity index (χ3n) is 3.07. The lowest BCUT2D eigenvalue weighted by atomic mass is 9.97. The van der Waals surface area contributed by atoms with Crippen molar-refractivity contribution in [2.45, 2.75) is 13.8 Å². The minimum atomic E-state index is -0.323. The maximum atomic E-state index is 11.8. The molecule has 0 heterocycles. The SMILES string of the molecule is CCOC(=O)/C=C(/c1ccc(C)cc1)c1ccc(Br)cc1. The average Bonchev–Trinajstić information content (AvgIpc) is 2.47. The summed E-state index contributed by atoms with van der Waals surface area (Å²) in [7, 11) is 0. The predicted octanol–water partition coefficient (Wildman–Crippen LogP) is 4.75. The van der Waals surface area contributed by atoms with Crippen LogP contribution in [0.15, 0.2) is 59.1 Å². The van der Waals surface area contributed by atoms with Gasteiger partial charge in [-0.25, -0.2) is 4.79 Å². The van der Waals surface area contributed by atoms with E-state index >= 15 is 0 Å². The summed E-state index contributed by atoms with van der Waals surface area (Å²) in [6, 6.07) is 16.0. The molecule has 0 aliphatic carbocycles. The van der Waals surface area contributed by atoms with Crippen LogP contribution in [0.2, 0.25) is 0 Å². The number of carbonyl (C=O) groups excluding carboxylic acids is 1. The first-order valence-corrected chi connectivity index (χ1v) is 7.61. The molecule has 108 valence electrons. The topological polar surface area (TPSA) is 26.3 Å². The van der Waals surface area contributed by atoms with Crippen molar-refractivity contribution < 1.29 is 9.53 Å². The fourth-order valence-corrected chi connectivity index (χ4v) is 2.26. The fourth-order valence-electron chi connectivity index (χ4n) is 2.00. The van der Waals surface area contributed by atoms with Crippen molar-refractivity contribution in [3.63, 3.8) is 0 Å². The second-order valence-corrected chi connectivity index (χ2v) is 5.60. The summed E-state index contributed by atoms with van der Waals surface area (Å²) < 4.78 is 6.04. The highest BCUT2D eigenvalue weighted by Crippen LogP contribution is 2.25. The molecule has 0 aliphatic rings. The summed E-state index contributed by atoms with van der Waals surface area (Å²) in [5.41, 5.74) is 4.03. The first kappa shape index (κ1) is 15.5. The van der Waals surface area contributed by atoms with Crippen LogP contribution in [-0.4, -0.2) is 12.6 Å². The summed E-state index contributed by atoms with van der Waals surface area (Å²) in [6.07, 6.45) is 1.55. The van der Waals surface area contributed by atoms with Crippen molar-refractivity contribution in [1.29, 1.82) is 0 Å². The average molecular weight is 345 g/mol. The van der Waals surface area contributed by atoms with Crippen molar-refractivity contribution >= 4 is 27.5 Å². The van der Waals surface area contributed by atoms with Gasteiger partial charge in [0, 0.05) is 10.5 Å². The molecular formula is C18H17BrO2. The zero-order valence-electron chi connectivity index (χ0n) is 12.1. The summed E-state index contributed by atoms with van der Waals surface area (Å²) in [6.45, 7) is 4.21. The molecule has 0 N–H and O–H groups in total. The van der Waals surface area contributed by atoms with E-state index in [-0.39, 0.29) is 5.97 Å². The van der Waals surface area contributed by atoms with Gasteiger partial charge in [-0.15, -0.1) is 0 Å². The largest absolute Gasteiger partial charge is 0.463 e. The van der Waals surface area contributed by atoms with E-state index < -0.39 is 0 Å². The molecule has 3 heteroatoms.